The maximum absolute atomic E-state index is 12.2. The van der Waals surface area contributed by atoms with E-state index in [1.165, 1.54) is 12.3 Å². The Morgan fingerprint density at radius 2 is 2.07 bits per heavy atom. The van der Waals surface area contributed by atoms with Gasteiger partial charge in [-0.25, -0.2) is 4.79 Å². The molecule has 0 aliphatic heterocycles. The number of hydrogen-bond donors (Lipinski definition) is 1. The summed E-state index contributed by atoms with van der Waals surface area (Å²) in [4.78, 5) is 26.7. The van der Waals surface area contributed by atoms with Gasteiger partial charge in [0.2, 0.25) is 0 Å². The highest BCUT2D eigenvalue weighted by atomic mass is 32.2. The van der Waals surface area contributed by atoms with Crippen LogP contribution in [0.15, 0.2) is 24.5 Å². The second kappa shape index (κ2) is 8.23. The summed E-state index contributed by atoms with van der Waals surface area (Å²) < 4.78 is 33.5. The molecule has 10 nitrogen and oxygen atoms in total. The van der Waals surface area contributed by atoms with Crippen LogP contribution in [-0.4, -0.2) is 48.4 Å². The lowest BCUT2D eigenvalue weighted by atomic mass is 9.89. The number of hydrogen-bond acceptors (Lipinski definition) is 8. The lowest BCUT2D eigenvalue weighted by molar-refractivity contribution is -0.385. The Bertz CT molecular complexity index is 890. The highest BCUT2D eigenvalue weighted by Crippen LogP contribution is 2.33. The van der Waals surface area contributed by atoms with Crippen molar-refractivity contribution in [1.29, 1.82) is 0 Å². The van der Waals surface area contributed by atoms with E-state index in [9.17, 15) is 23.3 Å². The normalized spacial score (nSPS) is 20.2. The first kappa shape index (κ1) is 21.8. The molecule has 1 heterocycles. The van der Waals surface area contributed by atoms with Crippen molar-refractivity contribution in [2.24, 2.45) is 0 Å². The summed E-state index contributed by atoms with van der Waals surface area (Å²) in [5.74, 6) is 0. The zero-order valence-electron chi connectivity index (χ0n) is 16.0. The van der Waals surface area contributed by atoms with E-state index in [1.807, 2.05) is 0 Å². The molecule has 0 bridgehead atoms. The number of nitrogens with one attached hydrogen (secondary N) is 1. The molecule has 2 unspecified atom stereocenters. The van der Waals surface area contributed by atoms with Crippen molar-refractivity contribution in [3.63, 3.8) is 0 Å². The van der Waals surface area contributed by atoms with Gasteiger partial charge in [0, 0.05) is 6.20 Å². The Labute approximate surface area is 163 Å². The molecule has 2 atom stereocenters. The fourth-order valence-electron chi connectivity index (χ4n) is 2.82. The maximum Gasteiger partial charge on any atom is 0.408 e. The molecule has 1 aromatic heterocycles. The number of ether oxygens (including phenoxy) is 1. The molecule has 0 saturated carbocycles. The van der Waals surface area contributed by atoms with E-state index in [1.54, 1.807) is 26.8 Å². The Balaban J connectivity index is 2.36. The second-order valence-corrected chi connectivity index (χ2v) is 8.99. The minimum absolute atomic E-state index is 0.174. The van der Waals surface area contributed by atoms with Gasteiger partial charge >= 0.3 is 6.09 Å². The average molecular weight is 413 g/mol. The minimum Gasteiger partial charge on any atom is -0.444 e. The molecule has 0 aromatic carbocycles. The van der Waals surface area contributed by atoms with Crippen molar-refractivity contribution in [3.05, 3.63) is 40.2 Å². The van der Waals surface area contributed by atoms with Crippen molar-refractivity contribution in [3.8, 4) is 0 Å². The molecule has 1 amide bonds. The van der Waals surface area contributed by atoms with Gasteiger partial charge in [0.1, 0.15) is 17.9 Å². The van der Waals surface area contributed by atoms with Gasteiger partial charge in [-0.3, -0.25) is 19.3 Å². The molecule has 0 radical (unpaired) electrons. The van der Waals surface area contributed by atoms with Crippen LogP contribution >= 0.6 is 0 Å². The number of rotatable bonds is 5. The molecule has 1 aromatic rings. The van der Waals surface area contributed by atoms with Crippen LogP contribution in [0.25, 0.3) is 5.57 Å². The van der Waals surface area contributed by atoms with Crippen LogP contribution in [0.2, 0.25) is 0 Å². The number of carbonyl (C=O) groups is 1. The zero-order valence-corrected chi connectivity index (χ0v) is 16.9. The molecule has 1 N–H and O–H groups in total. The molecule has 2 rings (SSSR count). The molecular formula is C17H23N3O7S. The van der Waals surface area contributed by atoms with Gasteiger partial charge in [-0.05, 0) is 45.3 Å². The van der Waals surface area contributed by atoms with Gasteiger partial charge in [-0.15, -0.1) is 0 Å². The lowest BCUT2D eigenvalue weighted by Gasteiger charge is -2.31. The third-order valence-electron chi connectivity index (χ3n) is 3.80. The van der Waals surface area contributed by atoms with E-state index in [0.29, 0.717) is 17.6 Å². The zero-order chi connectivity index (χ0) is 21.1. The van der Waals surface area contributed by atoms with Crippen molar-refractivity contribution in [2.45, 2.75) is 51.4 Å². The first-order valence-corrected chi connectivity index (χ1v) is 10.3. The number of allylic oxidation sites excluding steroid dienone is 1. The summed E-state index contributed by atoms with van der Waals surface area (Å²) in [7, 11) is -3.77. The van der Waals surface area contributed by atoms with Gasteiger partial charge in [0.05, 0.1) is 22.8 Å². The number of nitro groups is 1. The molecule has 0 spiro atoms. The van der Waals surface area contributed by atoms with Crippen LogP contribution < -0.4 is 5.32 Å². The number of aromatic nitrogens is 1. The summed E-state index contributed by atoms with van der Waals surface area (Å²) in [5.41, 5.74) is 0.0205. The van der Waals surface area contributed by atoms with Gasteiger partial charge in [0.15, 0.2) is 0 Å². The Morgan fingerprint density at radius 3 is 2.64 bits per heavy atom. The van der Waals surface area contributed by atoms with Gasteiger partial charge < -0.3 is 10.1 Å². The Hall–Kier alpha value is -2.53. The molecule has 11 heteroatoms. The molecule has 0 saturated heterocycles. The predicted octanol–water partition coefficient (Wildman–Crippen LogP) is 2.41. The average Bonchev–Trinajstić information content (AvgIpc) is 2.53. The number of pyridine rings is 1. The van der Waals surface area contributed by atoms with Crippen LogP contribution in [0, 0.1) is 10.1 Å². The fraction of sp³-hybridized carbons (Fsp3) is 0.529. The molecule has 154 valence electrons. The van der Waals surface area contributed by atoms with Crippen molar-refractivity contribution >= 4 is 27.5 Å². The van der Waals surface area contributed by atoms with Gasteiger partial charge in [-0.1, -0.05) is 6.08 Å². The van der Waals surface area contributed by atoms with Gasteiger partial charge in [0.25, 0.3) is 15.8 Å². The van der Waals surface area contributed by atoms with E-state index in [0.717, 1.165) is 12.5 Å². The van der Waals surface area contributed by atoms with Crippen molar-refractivity contribution < 1.29 is 27.1 Å². The molecular weight excluding hydrogens is 390 g/mol. The minimum atomic E-state index is -3.77. The van der Waals surface area contributed by atoms with E-state index in [2.05, 4.69) is 10.3 Å². The first-order chi connectivity index (χ1) is 12.9. The first-order valence-electron chi connectivity index (χ1n) is 8.53. The fourth-order valence-corrected chi connectivity index (χ4v) is 3.49. The Morgan fingerprint density at radius 1 is 1.39 bits per heavy atom. The number of alkyl carbamates (subject to hydrolysis) is 1. The highest BCUT2D eigenvalue weighted by Gasteiger charge is 2.33. The second-order valence-electron chi connectivity index (χ2n) is 7.39. The summed E-state index contributed by atoms with van der Waals surface area (Å²) in [5, 5.41) is 13.9. The third-order valence-corrected chi connectivity index (χ3v) is 4.40. The van der Waals surface area contributed by atoms with Crippen LogP contribution in [0.3, 0.4) is 0 Å². The summed E-state index contributed by atoms with van der Waals surface area (Å²) in [6.45, 7) is 5.08. The van der Waals surface area contributed by atoms with Crippen LogP contribution in [0.4, 0.5) is 10.5 Å². The van der Waals surface area contributed by atoms with E-state index in [4.69, 9.17) is 8.92 Å². The topological polar surface area (TPSA) is 138 Å². The largest absolute Gasteiger partial charge is 0.444 e. The number of nitrogens with zero attached hydrogens (tertiary/aromatic N) is 2. The van der Waals surface area contributed by atoms with E-state index < -0.39 is 38.9 Å². The van der Waals surface area contributed by atoms with E-state index in [-0.39, 0.29) is 12.1 Å². The molecule has 1 aliphatic carbocycles. The third kappa shape index (κ3) is 6.27. The SMILES string of the molecule is CC(C)(C)OC(=O)NC1C=C(c2ccncc2[N+](=O)[O-])CCC1OS(C)(=O)=O. The van der Waals surface area contributed by atoms with Crippen molar-refractivity contribution in [1.82, 2.24) is 10.3 Å². The molecule has 1 aliphatic rings. The van der Waals surface area contributed by atoms with Crippen LogP contribution in [-0.2, 0) is 19.0 Å². The molecule has 28 heavy (non-hydrogen) atoms. The summed E-state index contributed by atoms with van der Waals surface area (Å²) in [6.07, 6.45) is 4.02. The Kier molecular flexibility index (Phi) is 6.40. The van der Waals surface area contributed by atoms with Crippen molar-refractivity contribution in [2.75, 3.05) is 6.26 Å². The van der Waals surface area contributed by atoms with Gasteiger partial charge in [-0.2, -0.15) is 8.42 Å². The predicted molar refractivity (Wildman–Crippen MR) is 101 cm³/mol. The standard InChI is InChI=1S/C17H23N3O7S/c1-17(2,3)26-16(21)19-13-9-11(5-6-15(13)27-28(4,24)25)12-7-8-18-10-14(12)20(22)23/h7-10,13,15H,5-6H2,1-4H3,(H,19,21). The number of amides is 1. The monoisotopic (exact) mass is 413 g/mol. The smallest absolute Gasteiger partial charge is 0.408 e. The summed E-state index contributed by atoms with van der Waals surface area (Å²) >= 11 is 0. The van der Waals surface area contributed by atoms with Crippen LogP contribution in [0.1, 0.15) is 39.2 Å². The highest BCUT2D eigenvalue weighted by molar-refractivity contribution is 7.86. The van der Waals surface area contributed by atoms with Crippen LogP contribution in [0.5, 0.6) is 0 Å². The molecule has 0 fully saturated rings. The quantitative estimate of drug-likeness (QED) is 0.441. The summed E-state index contributed by atoms with van der Waals surface area (Å²) in [6, 6.07) is 0.660. The lowest BCUT2D eigenvalue weighted by Crippen LogP contribution is -2.47. The number of carbonyl (C=O) groups excluding carboxylic acids is 1. The maximum atomic E-state index is 12.2. The van der Waals surface area contributed by atoms with E-state index >= 15 is 0 Å².